The molecule has 1 amide bonds. The van der Waals surface area contributed by atoms with Crippen molar-refractivity contribution in [2.75, 3.05) is 13.2 Å². The van der Waals surface area contributed by atoms with Gasteiger partial charge in [0.25, 0.3) is 0 Å². The third kappa shape index (κ3) is 4.20. The van der Waals surface area contributed by atoms with Gasteiger partial charge < -0.3 is 9.64 Å². The number of hydrogen-bond acceptors (Lipinski definition) is 2. The van der Waals surface area contributed by atoms with Crippen LogP contribution in [0.15, 0.2) is 60.7 Å². The number of epoxide rings is 1. The quantitative estimate of drug-likeness (QED) is 0.732. The van der Waals surface area contributed by atoms with E-state index >= 15 is 0 Å². The van der Waals surface area contributed by atoms with Crippen molar-refractivity contribution in [1.82, 2.24) is 4.90 Å². The summed E-state index contributed by atoms with van der Waals surface area (Å²) in [6.07, 6.45) is 1.54. The van der Waals surface area contributed by atoms with Crippen LogP contribution in [0.1, 0.15) is 30.5 Å². The van der Waals surface area contributed by atoms with E-state index in [1.165, 1.54) is 5.56 Å². The lowest BCUT2D eigenvalue weighted by atomic mass is 10.0. The summed E-state index contributed by atoms with van der Waals surface area (Å²) >= 11 is 0. The van der Waals surface area contributed by atoms with Gasteiger partial charge in [0.2, 0.25) is 5.91 Å². The lowest BCUT2D eigenvalue weighted by molar-refractivity contribution is -0.133. The molecule has 0 saturated carbocycles. The molecule has 1 fully saturated rings. The van der Waals surface area contributed by atoms with Crippen molar-refractivity contribution in [3.8, 4) is 0 Å². The Kier molecular flexibility index (Phi) is 5.09. The first-order chi connectivity index (χ1) is 11.3. The predicted molar refractivity (Wildman–Crippen MR) is 91.1 cm³/mol. The van der Waals surface area contributed by atoms with Crippen LogP contribution in [0.5, 0.6) is 0 Å². The molecule has 1 aliphatic rings. The number of hydrogen-bond donors (Lipinski definition) is 0. The number of benzene rings is 2. The van der Waals surface area contributed by atoms with E-state index < -0.39 is 0 Å². The largest absolute Gasteiger partial charge is 0.371 e. The third-order valence-electron chi connectivity index (χ3n) is 4.27. The number of rotatable bonds is 7. The summed E-state index contributed by atoms with van der Waals surface area (Å²) < 4.78 is 5.38. The van der Waals surface area contributed by atoms with Gasteiger partial charge in [0, 0.05) is 6.54 Å². The van der Waals surface area contributed by atoms with E-state index in [2.05, 4.69) is 19.1 Å². The maximum Gasteiger partial charge on any atom is 0.227 e. The van der Waals surface area contributed by atoms with Gasteiger partial charge in [-0.15, -0.1) is 0 Å². The Morgan fingerprint density at radius 1 is 1.13 bits per heavy atom. The molecule has 1 aliphatic heterocycles. The first kappa shape index (κ1) is 15.8. The molecular weight excluding hydrogens is 286 g/mol. The van der Waals surface area contributed by atoms with E-state index in [1.54, 1.807) is 0 Å². The number of carbonyl (C=O) groups excluding carboxylic acids is 1. The minimum absolute atomic E-state index is 0.108. The first-order valence-corrected chi connectivity index (χ1v) is 8.28. The molecule has 2 aromatic rings. The van der Waals surface area contributed by atoms with Gasteiger partial charge >= 0.3 is 0 Å². The fourth-order valence-electron chi connectivity index (χ4n) is 2.98. The van der Waals surface area contributed by atoms with E-state index in [4.69, 9.17) is 4.74 Å². The molecule has 2 unspecified atom stereocenters. The van der Waals surface area contributed by atoms with Crippen LogP contribution in [0.25, 0.3) is 0 Å². The standard InChI is InChI=1S/C20H23NO2/c1-2-19(17-11-7-4-8-12-17)21(14-18-15-23-18)20(22)13-16-9-5-3-6-10-16/h3-12,18-19H,2,13-15H2,1H3. The summed E-state index contributed by atoms with van der Waals surface area (Å²) in [6.45, 7) is 3.58. The highest BCUT2D eigenvalue weighted by Crippen LogP contribution is 2.27. The van der Waals surface area contributed by atoms with Crippen LogP contribution in [0.3, 0.4) is 0 Å². The lowest BCUT2D eigenvalue weighted by Crippen LogP contribution is -2.38. The third-order valence-corrected chi connectivity index (χ3v) is 4.27. The number of carbonyl (C=O) groups is 1. The smallest absolute Gasteiger partial charge is 0.227 e. The molecule has 0 N–H and O–H groups in total. The van der Waals surface area contributed by atoms with Crippen molar-refractivity contribution in [1.29, 1.82) is 0 Å². The Morgan fingerprint density at radius 2 is 1.74 bits per heavy atom. The van der Waals surface area contributed by atoms with E-state index in [1.807, 2.05) is 53.4 Å². The Bertz CT molecular complexity index is 623. The molecule has 0 aromatic heterocycles. The zero-order valence-corrected chi connectivity index (χ0v) is 13.5. The molecule has 0 spiro atoms. The van der Waals surface area contributed by atoms with Crippen LogP contribution in [0.4, 0.5) is 0 Å². The molecular formula is C20H23NO2. The van der Waals surface area contributed by atoms with Gasteiger partial charge in [-0.25, -0.2) is 0 Å². The maximum absolute atomic E-state index is 12.9. The molecule has 3 rings (SSSR count). The molecule has 2 aromatic carbocycles. The van der Waals surface area contributed by atoms with Gasteiger partial charge in [-0.3, -0.25) is 4.79 Å². The second kappa shape index (κ2) is 7.42. The van der Waals surface area contributed by atoms with Crippen LogP contribution >= 0.6 is 0 Å². The molecule has 0 aliphatic carbocycles. The van der Waals surface area contributed by atoms with E-state index in [-0.39, 0.29) is 18.1 Å². The maximum atomic E-state index is 12.9. The van der Waals surface area contributed by atoms with Crippen molar-refractivity contribution in [2.24, 2.45) is 0 Å². The van der Waals surface area contributed by atoms with Gasteiger partial charge in [-0.05, 0) is 17.5 Å². The van der Waals surface area contributed by atoms with Gasteiger partial charge in [0.05, 0.1) is 25.2 Å². The molecule has 120 valence electrons. The monoisotopic (exact) mass is 309 g/mol. The fraction of sp³-hybridized carbons (Fsp3) is 0.350. The van der Waals surface area contributed by atoms with Crippen LogP contribution in [-0.2, 0) is 16.0 Å². The first-order valence-electron chi connectivity index (χ1n) is 8.28. The van der Waals surface area contributed by atoms with E-state index in [9.17, 15) is 4.79 Å². The van der Waals surface area contributed by atoms with Crippen LogP contribution in [-0.4, -0.2) is 30.1 Å². The van der Waals surface area contributed by atoms with Gasteiger partial charge in [-0.2, -0.15) is 0 Å². The Balaban J connectivity index is 1.79. The SMILES string of the molecule is CCC(c1ccccc1)N(CC1CO1)C(=O)Cc1ccccc1. The summed E-state index contributed by atoms with van der Waals surface area (Å²) in [6, 6.07) is 20.3. The summed E-state index contributed by atoms with van der Waals surface area (Å²) in [5.41, 5.74) is 2.25. The molecule has 23 heavy (non-hydrogen) atoms. The fourth-order valence-corrected chi connectivity index (χ4v) is 2.98. The molecule has 0 radical (unpaired) electrons. The number of amides is 1. The number of ether oxygens (including phenoxy) is 1. The lowest BCUT2D eigenvalue weighted by Gasteiger charge is -2.31. The highest BCUT2D eigenvalue weighted by atomic mass is 16.6. The Morgan fingerprint density at radius 3 is 2.30 bits per heavy atom. The van der Waals surface area contributed by atoms with Gasteiger partial charge in [0.1, 0.15) is 0 Å². The molecule has 1 heterocycles. The van der Waals surface area contributed by atoms with Gasteiger partial charge in [0.15, 0.2) is 0 Å². The summed E-state index contributed by atoms with van der Waals surface area (Å²) in [7, 11) is 0. The van der Waals surface area contributed by atoms with Crippen molar-refractivity contribution in [3.63, 3.8) is 0 Å². The highest BCUT2D eigenvalue weighted by molar-refractivity contribution is 5.79. The average Bonchev–Trinajstić information content (AvgIpc) is 3.41. The number of nitrogens with zero attached hydrogens (tertiary/aromatic N) is 1. The molecule has 1 saturated heterocycles. The Labute approximate surface area is 137 Å². The second-order valence-electron chi connectivity index (χ2n) is 6.00. The zero-order valence-electron chi connectivity index (χ0n) is 13.5. The van der Waals surface area contributed by atoms with Crippen molar-refractivity contribution in [2.45, 2.75) is 31.9 Å². The molecule has 2 atom stereocenters. The second-order valence-corrected chi connectivity index (χ2v) is 6.00. The average molecular weight is 309 g/mol. The normalized spacial score (nSPS) is 17.5. The van der Waals surface area contributed by atoms with Crippen LogP contribution in [0, 0.1) is 0 Å². The van der Waals surface area contributed by atoms with Gasteiger partial charge in [-0.1, -0.05) is 67.6 Å². The molecule has 3 nitrogen and oxygen atoms in total. The molecule has 0 bridgehead atoms. The van der Waals surface area contributed by atoms with E-state index in [0.717, 1.165) is 18.6 Å². The topological polar surface area (TPSA) is 32.8 Å². The van der Waals surface area contributed by atoms with Crippen LogP contribution in [0.2, 0.25) is 0 Å². The predicted octanol–water partition coefficient (Wildman–Crippen LogP) is 3.61. The Hall–Kier alpha value is -2.13. The van der Waals surface area contributed by atoms with Crippen molar-refractivity contribution >= 4 is 5.91 Å². The zero-order chi connectivity index (χ0) is 16.1. The van der Waals surface area contributed by atoms with Crippen molar-refractivity contribution in [3.05, 3.63) is 71.8 Å². The highest BCUT2D eigenvalue weighted by Gasteiger charge is 2.32. The van der Waals surface area contributed by atoms with Crippen LogP contribution < -0.4 is 0 Å². The minimum Gasteiger partial charge on any atom is -0.371 e. The summed E-state index contributed by atoms with van der Waals surface area (Å²) in [5.74, 6) is 0.169. The minimum atomic E-state index is 0.108. The summed E-state index contributed by atoms with van der Waals surface area (Å²) in [4.78, 5) is 14.9. The van der Waals surface area contributed by atoms with Crippen molar-refractivity contribution < 1.29 is 9.53 Å². The molecule has 3 heteroatoms. The van der Waals surface area contributed by atoms with E-state index in [0.29, 0.717) is 13.0 Å². The summed E-state index contributed by atoms with van der Waals surface area (Å²) in [5, 5.41) is 0.